The number of rotatable bonds is 3. The van der Waals surface area contributed by atoms with Gasteiger partial charge in [-0.25, -0.2) is 0 Å². The van der Waals surface area contributed by atoms with Crippen LogP contribution in [0, 0.1) is 5.92 Å². The van der Waals surface area contributed by atoms with Crippen molar-refractivity contribution < 1.29 is 0 Å². The number of hydrogen-bond acceptors (Lipinski definition) is 2. The molecule has 0 amide bonds. The number of anilines is 1. The lowest BCUT2D eigenvalue weighted by Gasteiger charge is -2.16. The number of benzene rings is 1. The van der Waals surface area contributed by atoms with Gasteiger partial charge in [0.25, 0.3) is 0 Å². The first-order valence-corrected chi connectivity index (χ1v) is 6.62. The zero-order valence-electron chi connectivity index (χ0n) is 9.96. The Morgan fingerprint density at radius 3 is 2.81 bits per heavy atom. The second-order valence-corrected chi connectivity index (χ2v) is 5.60. The van der Waals surface area contributed by atoms with Crippen molar-refractivity contribution in [3.05, 3.63) is 28.2 Å². The average molecular weight is 283 g/mol. The van der Waals surface area contributed by atoms with E-state index in [-0.39, 0.29) is 0 Å². The first-order valence-electron chi connectivity index (χ1n) is 5.83. The van der Waals surface area contributed by atoms with Gasteiger partial charge >= 0.3 is 0 Å². The SMILES string of the molecule is CN(C)c1ccc(CC2CCNC2)cc1Br. The Balaban J connectivity index is 2.08. The summed E-state index contributed by atoms with van der Waals surface area (Å²) >= 11 is 3.64. The van der Waals surface area contributed by atoms with Gasteiger partial charge in [0.15, 0.2) is 0 Å². The molecule has 1 atom stereocenters. The Morgan fingerprint density at radius 2 is 2.25 bits per heavy atom. The van der Waals surface area contributed by atoms with Crippen molar-refractivity contribution in [1.82, 2.24) is 5.32 Å². The summed E-state index contributed by atoms with van der Waals surface area (Å²) in [6.07, 6.45) is 2.51. The average Bonchev–Trinajstić information content (AvgIpc) is 2.70. The molecule has 2 rings (SSSR count). The first kappa shape index (κ1) is 11.9. The van der Waals surface area contributed by atoms with E-state index in [1.165, 1.54) is 41.7 Å². The summed E-state index contributed by atoms with van der Waals surface area (Å²) in [5.41, 5.74) is 2.68. The largest absolute Gasteiger partial charge is 0.377 e. The van der Waals surface area contributed by atoms with Crippen LogP contribution in [-0.4, -0.2) is 27.2 Å². The second kappa shape index (κ2) is 5.19. The van der Waals surface area contributed by atoms with Crippen LogP contribution in [0.4, 0.5) is 5.69 Å². The molecule has 3 heteroatoms. The number of nitrogens with one attached hydrogen (secondary N) is 1. The van der Waals surface area contributed by atoms with Gasteiger partial charge in [-0.15, -0.1) is 0 Å². The lowest BCUT2D eigenvalue weighted by atomic mass is 9.98. The van der Waals surface area contributed by atoms with Gasteiger partial charge in [-0.2, -0.15) is 0 Å². The zero-order valence-corrected chi connectivity index (χ0v) is 11.5. The minimum Gasteiger partial charge on any atom is -0.377 e. The molecule has 0 bridgehead atoms. The van der Waals surface area contributed by atoms with Crippen LogP contribution < -0.4 is 10.2 Å². The molecule has 0 aliphatic carbocycles. The van der Waals surface area contributed by atoms with E-state index in [0.717, 1.165) is 5.92 Å². The highest BCUT2D eigenvalue weighted by Crippen LogP contribution is 2.27. The van der Waals surface area contributed by atoms with E-state index in [2.05, 4.69) is 58.4 Å². The Labute approximate surface area is 106 Å². The molecule has 2 nitrogen and oxygen atoms in total. The van der Waals surface area contributed by atoms with E-state index < -0.39 is 0 Å². The minimum atomic E-state index is 0.817. The molecule has 1 saturated heterocycles. The molecule has 1 aromatic rings. The third kappa shape index (κ3) is 2.77. The maximum absolute atomic E-state index is 3.64. The lowest BCUT2D eigenvalue weighted by molar-refractivity contribution is 0.580. The van der Waals surface area contributed by atoms with Crippen LogP contribution >= 0.6 is 15.9 Å². The summed E-state index contributed by atoms with van der Waals surface area (Å²) in [5.74, 6) is 0.817. The van der Waals surface area contributed by atoms with Gasteiger partial charge in [0.1, 0.15) is 0 Å². The number of nitrogens with zero attached hydrogens (tertiary/aromatic N) is 1. The molecule has 1 fully saturated rings. The fourth-order valence-electron chi connectivity index (χ4n) is 2.26. The Bertz CT molecular complexity index is 357. The van der Waals surface area contributed by atoms with Crippen molar-refractivity contribution in [2.45, 2.75) is 12.8 Å². The molecule has 1 N–H and O–H groups in total. The molecule has 0 saturated carbocycles. The van der Waals surface area contributed by atoms with Gasteiger partial charge in [-0.1, -0.05) is 6.07 Å². The third-order valence-electron chi connectivity index (χ3n) is 3.18. The van der Waals surface area contributed by atoms with Crippen molar-refractivity contribution in [3.63, 3.8) is 0 Å². The zero-order chi connectivity index (χ0) is 11.5. The molecule has 0 radical (unpaired) electrons. The normalized spacial score (nSPS) is 20.1. The lowest BCUT2D eigenvalue weighted by Crippen LogP contribution is -2.12. The van der Waals surface area contributed by atoms with Crippen molar-refractivity contribution in [1.29, 1.82) is 0 Å². The fourth-order valence-corrected chi connectivity index (χ4v) is 3.04. The molecule has 1 unspecified atom stereocenters. The van der Waals surface area contributed by atoms with Crippen molar-refractivity contribution in [2.24, 2.45) is 5.92 Å². The summed E-state index contributed by atoms with van der Waals surface area (Å²) in [4.78, 5) is 2.13. The van der Waals surface area contributed by atoms with E-state index in [0.29, 0.717) is 0 Å². The van der Waals surface area contributed by atoms with Crippen molar-refractivity contribution in [3.8, 4) is 0 Å². The van der Waals surface area contributed by atoms with Crippen LogP contribution in [0.15, 0.2) is 22.7 Å². The van der Waals surface area contributed by atoms with Gasteiger partial charge in [0, 0.05) is 18.6 Å². The van der Waals surface area contributed by atoms with Crippen LogP contribution in [0.3, 0.4) is 0 Å². The van der Waals surface area contributed by atoms with Gasteiger partial charge in [-0.3, -0.25) is 0 Å². The number of hydrogen-bond donors (Lipinski definition) is 1. The van der Waals surface area contributed by atoms with Crippen LogP contribution in [0.2, 0.25) is 0 Å². The van der Waals surface area contributed by atoms with E-state index >= 15 is 0 Å². The van der Waals surface area contributed by atoms with E-state index in [9.17, 15) is 0 Å². The molecule has 1 aliphatic heterocycles. The molecule has 1 heterocycles. The molecule has 0 spiro atoms. The van der Waals surface area contributed by atoms with E-state index in [4.69, 9.17) is 0 Å². The van der Waals surface area contributed by atoms with Gasteiger partial charge < -0.3 is 10.2 Å². The van der Waals surface area contributed by atoms with Crippen LogP contribution in [0.5, 0.6) is 0 Å². The Kier molecular flexibility index (Phi) is 3.87. The predicted octanol–water partition coefficient (Wildman–Crippen LogP) is 2.67. The summed E-state index contributed by atoms with van der Waals surface area (Å²) in [5, 5.41) is 3.42. The quantitative estimate of drug-likeness (QED) is 0.917. The predicted molar refractivity (Wildman–Crippen MR) is 73.1 cm³/mol. The van der Waals surface area contributed by atoms with Crippen molar-refractivity contribution >= 4 is 21.6 Å². The van der Waals surface area contributed by atoms with Gasteiger partial charge in [0.05, 0.1) is 5.69 Å². The summed E-state index contributed by atoms with van der Waals surface area (Å²) in [6.45, 7) is 2.36. The number of halogens is 1. The molecular formula is C13H19BrN2. The van der Waals surface area contributed by atoms with E-state index in [1.807, 2.05) is 0 Å². The molecular weight excluding hydrogens is 264 g/mol. The van der Waals surface area contributed by atoms with E-state index in [1.54, 1.807) is 0 Å². The monoisotopic (exact) mass is 282 g/mol. The molecule has 16 heavy (non-hydrogen) atoms. The Morgan fingerprint density at radius 1 is 1.44 bits per heavy atom. The Hall–Kier alpha value is -0.540. The maximum Gasteiger partial charge on any atom is 0.0505 e. The molecule has 0 aromatic heterocycles. The molecule has 88 valence electrons. The fraction of sp³-hybridized carbons (Fsp3) is 0.538. The highest BCUT2D eigenvalue weighted by molar-refractivity contribution is 9.10. The maximum atomic E-state index is 3.64. The standard InChI is InChI=1S/C13H19BrN2/c1-16(2)13-4-3-10(8-12(13)14)7-11-5-6-15-9-11/h3-4,8,11,15H,5-7,9H2,1-2H3. The van der Waals surface area contributed by atoms with Crippen molar-refractivity contribution in [2.75, 3.05) is 32.1 Å². The highest BCUT2D eigenvalue weighted by Gasteiger charge is 2.15. The topological polar surface area (TPSA) is 15.3 Å². The first-order chi connectivity index (χ1) is 7.66. The van der Waals surface area contributed by atoms with Gasteiger partial charge in [-0.05, 0) is 65.5 Å². The summed E-state index contributed by atoms with van der Waals surface area (Å²) in [7, 11) is 4.14. The van der Waals surface area contributed by atoms with Crippen LogP contribution in [0.25, 0.3) is 0 Å². The molecule has 1 aromatic carbocycles. The summed E-state index contributed by atoms with van der Waals surface area (Å²) in [6, 6.07) is 6.70. The smallest absolute Gasteiger partial charge is 0.0505 e. The molecule has 1 aliphatic rings. The third-order valence-corrected chi connectivity index (χ3v) is 3.82. The second-order valence-electron chi connectivity index (χ2n) is 4.74. The van der Waals surface area contributed by atoms with Crippen LogP contribution in [0.1, 0.15) is 12.0 Å². The van der Waals surface area contributed by atoms with Crippen LogP contribution in [-0.2, 0) is 6.42 Å². The minimum absolute atomic E-state index is 0.817. The highest BCUT2D eigenvalue weighted by atomic mass is 79.9. The summed E-state index contributed by atoms with van der Waals surface area (Å²) < 4.78 is 1.20. The van der Waals surface area contributed by atoms with Gasteiger partial charge in [0.2, 0.25) is 0 Å².